The van der Waals surface area contributed by atoms with E-state index in [1.54, 1.807) is 17.3 Å². The molecule has 9 nitrogen and oxygen atoms in total. The summed E-state index contributed by atoms with van der Waals surface area (Å²) in [6, 6.07) is 11.4. The van der Waals surface area contributed by atoms with Crippen molar-refractivity contribution in [3.05, 3.63) is 90.2 Å². The van der Waals surface area contributed by atoms with Crippen LogP contribution in [0.15, 0.2) is 72.9 Å². The molecule has 232 valence electrons. The minimum atomic E-state index is -0.874. The van der Waals surface area contributed by atoms with Gasteiger partial charge in [0.25, 0.3) is 0 Å². The Labute approximate surface area is 266 Å². The van der Waals surface area contributed by atoms with Gasteiger partial charge in [0.15, 0.2) is 0 Å². The first-order valence-corrected chi connectivity index (χ1v) is 15.5. The predicted octanol–water partition coefficient (Wildman–Crippen LogP) is 6.39. The predicted molar refractivity (Wildman–Crippen MR) is 172 cm³/mol. The maximum Gasteiger partial charge on any atom is 0.246 e. The topological polar surface area (TPSA) is 106 Å². The van der Waals surface area contributed by atoms with Gasteiger partial charge in [-0.25, -0.2) is 13.8 Å². The number of ether oxygens (including phenoxy) is 1. The minimum Gasteiger partial charge on any atom is -0.490 e. The third kappa shape index (κ3) is 5.19. The third-order valence-electron chi connectivity index (χ3n) is 8.04. The second-order valence-electron chi connectivity index (χ2n) is 11.3. The standard InChI is InChI=1S/C34H28F2N6O3S/c1-4-29(44)41-16-24-12-27(40-42(24)15-18(41)2)33-31(30-26(36)10-23(35)11-28(30)45-17-19(3)43)34-25(7-8-46-34)32(39-33)20-5-6-21-13-37-38-14-22(21)9-20/h4-14,18-19,43H,1,15-17H2,2-3H3/t18-,19-/m1/s1. The van der Waals surface area contributed by atoms with Gasteiger partial charge in [-0.15, -0.1) is 11.3 Å². The highest BCUT2D eigenvalue weighted by Gasteiger charge is 2.30. The Morgan fingerprint density at radius 1 is 1.13 bits per heavy atom. The van der Waals surface area contributed by atoms with Crippen molar-refractivity contribution in [2.75, 3.05) is 6.61 Å². The maximum atomic E-state index is 16.0. The van der Waals surface area contributed by atoms with Gasteiger partial charge in [0.2, 0.25) is 5.91 Å². The van der Waals surface area contributed by atoms with Gasteiger partial charge in [-0.1, -0.05) is 18.7 Å². The molecule has 6 aromatic rings. The lowest BCUT2D eigenvalue weighted by atomic mass is 9.96. The van der Waals surface area contributed by atoms with Crippen LogP contribution >= 0.6 is 11.3 Å². The molecule has 0 bridgehead atoms. The smallest absolute Gasteiger partial charge is 0.246 e. The van der Waals surface area contributed by atoms with E-state index in [-0.39, 0.29) is 29.9 Å². The molecule has 1 aliphatic rings. The molecule has 1 N–H and O–H groups in total. The Morgan fingerprint density at radius 3 is 2.72 bits per heavy atom. The third-order valence-corrected chi connectivity index (χ3v) is 8.97. The van der Waals surface area contributed by atoms with E-state index in [4.69, 9.17) is 14.8 Å². The van der Waals surface area contributed by atoms with Crippen molar-refractivity contribution in [3.8, 4) is 39.5 Å². The average Bonchev–Trinajstić information content (AvgIpc) is 3.69. The molecule has 0 fully saturated rings. The van der Waals surface area contributed by atoms with Crippen molar-refractivity contribution in [1.29, 1.82) is 0 Å². The summed E-state index contributed by atoms with van der Waals surface area (Å²) < 4.78 is 38.9. The van der Waals surface area contributed by atoms with Gasteiger partial charge in [0, 0.05) is 50.2 Å². The Balaban J connectivity index is 1.50. The van der Waals surface area contributed by atoms with E-state index in [2.05, 4.69) is 16.8 Å². The number of fused-ring (bicyclic) bond motifs is 3. The molecule has 4 aromatic heterocycles. The first-order chi connectivity index (χ1) is 22.2. The molecule has 0 unspecified atom stereocenters. The van der Waals surface area contributed by atoms with Crippen LogP contribution in [0.2, 0.25) is 0 Å². The lowest BCUT2D eigenvalue weighted by Gasteiger charge is -2.33. The number of benzene rings is 2. The number of amides is 1. The second kappa shape index (κ2) is 11.7. The molecule has 1 aliphatic heterocycles. The zero-order valence-corrected chi connectivity index (χ0v) is 25.8. The van der Waals surface area contributed by atoms with Crippen LogP contribution in [0.5, 0.6) is 5.75 Å². The van der Waals surface area contributed by atoms with Crippen molar-refractivity contribution in [3.63, 3.8) is 0 Å². The quantitative estimate of drug-likeness (QED) is 0.202. The number of halogens is 2. The van der Waals surface area contributed by atoms with Crippen LogP contribution in [0.4, 0.5) is 8.78 Å². The van der Waals surface area contributed by atoms with Crippen LogP contribution in [0.25, 0.3) is 54.6 Å². The van der Waals surface area contributed by atoms with E-state index < -0.39 is 17.7 Å². The number of carbonyl (C=O) groups is 1. The summed E-state index contributed by atoms with van der Waals surface area (Å²) in [5.74, 6) is -1.89. The van der Waals surface area contributed by atoms with Crippen molar-refractivity contribution in [2.24, 2.45) is 0 Å². The molecular weight excluding hydrogens is 610 g/mol. The highest BCUT2D eigenvalue weighted by Crippen LogP contribution is 2.47. The summed E-state index contributed by atoms with van der Waals surface area (Å²) in [5, 5.41) is 27.3. The summed E-state index contributed by atoms with van der Waals surface area (Å²) in [7, 11) is 0. The number of carbonyl (C=O) groups excluding carboxylic acids is 1. The van der Waals surface area contributed by atoms with Crippen LogP contribution < -0.4 is 4.74 Å². The summed E-state index contributed by atoms with van der Waals surface area (Å²) in [5.41, 5.74) is 3.45. The van der Waals surface area contributed by atoms with E-state index in [1.807, 2.05) is 47.3 Å². The molecule has 0 spiro atoms. The number of aromatic nitrogens is 5. The van der Waals surface area contributed by atoms with Gasteiger partial charge in [0.05, 0.1) is 48.5 Å². The maximum absolute atomic E-state index is 16.0. The van der Waals surface area contributed by atoms with E-state index in [9.17, 15) is 14.3 Å². The van der Waals surface area contributed by atoms with Crippen LogP contribution in [-0.2, 0) is 17.9 Å². The second-order valence-corrected chi connectivity index (χ2v) is 12.2. The van der Waals surface area contributed by atoms with E-state index in [1.165, 1.54) is 24.3 Å². The molecular formula is C34H28F2N6O3S. The summed E-state index contributed by atoms with van der Waals surface area (Å²) in [6.07, 6.45) is 3.78. The molecule has 2 atom stereocenters. The van der Waals surface area contributed by atoms with Crippen molar-refractivity contribution < 1.29 is 23.4 Å². The molecule has 2 aromatic carbocycles. The van der Waals surface area contributed by atoms with E-state index in [0.717, 1.165) is 39.5 Å². The number of hydrogen-bond donors (Lipinski definition) is 1. The van der Waals surface area contributed by atoms with E-state index in [0.29, 0.717) is 40.4 Å². The Hall–Kier alpha value is -5.07. The van der Waals surface area contributed by atoms with Gasteiger partial charge in [-0.2, -0.15) is 15.3 Å². The van der Waals surface area contributed by atoms with Gasteiger partial charge in [-0.3, -0.25) is 9.48 Å². The lowest BCUT2D eigenvalue weighted by molar-refractivity contribution is -0.129. The first kappa shape index (κ1) is 29.6. The zero-order chi connectivity index (χ0) is 32.1. The number of hydrogen-bond acceptors (Lipinski definition) is 8. The molecule has 0 saturated heterocycles. The van der Waals surface area contributed by atoms with Gasteiger partial charge in [-0.05, 0) is 43.5 Å². The number of aliphatic hydroxyl groups is 1. The van der Waals surface area contributed by atoms with Crippen molar-refractivity contribution in [2.45, 2.75) is 39.1 Å². The molecule has 0 aliphatic carbocycles. The van der Waals surface area contributed by atoms with Crippen LogP contribution in [-0.4, -0.2) is 59.6 Å². The van der Waals surface area contributed by atoms with Crippen LogP contribution in [0, 0.1) is 11.6 Å². The number of aliphatic hydroxyl groups excluding tert-OH is 1. The monoisotopic (exact) mass is 638 g/mol. The largest absolute Gasteiger partial charge is 0.490 e. The molecule has 1 amide bonds. The van der Waals surface area contributed by atoms with Crippen molar-refractivity contribution >= 4 is 38.1 Å². The molecule has 12 heteroatoms. The highest BCUT2D eigenvalue weighted by atomic mass is 32.1. The summed E-state index contributed by atoms with van der Waals surface area (Å²) >= 11 is 1.39. The Kier molecular flexibility index (Phi) is 7.53. The molecule has 0 radical (unpaired) electrons. The average molecular weight is 639 g/mol. The SMILES string of the molecule is C=CC(=O)N1Cc2cc(-c3nc(-c4ccc5cnncc5c4)c4ccsc4c3-c3c(F)cc(F)cc3OC[C@@H](C)O)nn2C[C@H]1C. The zero-order valence-electron chi connectivity index (χ0n) is 24.9. The number of nitrogens with zero attached hydrogens (tertiary/aromatic N) is 6. The number of thiophene rings is 1. The summed E-state index contributed by atoms with van der Waals surface area (Å²) in [4.78, 5) is 19.5. The van der Waals surface area contributed by atoms with Crippen molar-refractivity contribution in [1.82, 2.24) is 29.9 Å². The lowest BCUT2D eigenvalue weighted by Crippen LogP contribution is -2.44. The Morgan fingerprint density at radius 2 is 1.93 bits per heavy atom. The molecule has 7 rings (SSSR count). The Bertz CT molecular complexity index is 2160. The number of pyridine rings is 1. The fourth-order valence-electron chi connectivity index (χ4n) is 5.87. The summed E-state index contributed by atoms with van der Waals surface area (Å²) in [6.45, 7) is 7.68. The van der Waals surface area contributed by atoms with Gasteiger partial charge in [0.1, 0.15) is 35.4 Å². The minimum absolute atomic E-state index is 0.0140. The fourth-order valence-corrected chi connectivity index (χ4v) is 6.82. The van der Waals surface area contributed by atoms with Crippen LogP contribution in [0.3, 0.4) is 0 Å². The van der Waals surface area contributed by atoms with Crippen LogP contribution in [0.1, 0.15) is 19.5 Å². The highest BCUT2D eigenvalue weighted by molar-refractivity contribution is 7.18. The van der Waals surface area contributed by atoms with Gasteiger partial charge < -0.3 is 14.7 Å². The molecule has 5 heterocycles. The molecule has 46 heavy (non-hydrogen) atoms. The number of rotatable bonds is 7. The molecule has 0 saturated carbocycles. The fraction of sp³-hybridized carbons (Fsp3) is 0.206. The first-order valence-electron chi connectivity index (χ1n) is 14.6. The van der Waals surface area contributed by atoms with Gasteiger partial charge >= 0.3 is 0 Å². The van der Waals surface area contributed by atoms with E-state index >= 15 is 4.39 Å². The normalized spacial score (nSPS) is 15.2.